The molecule has 3 aromatic rings. The van der Waals surface area contributed by atoms with E-state index in [0.717, 1.165) is 11.2 Å². The topological polar surface area (TPSA) is 255 Å². The summed E-state index contributed by atoms with van der Waals surface area (Å²) in [6.07, 6.45) is 2.71. The summed E-state index contributed by atoms with van der Waals surface area (Å²) in [5, 5.41) is 10.8. The number of para-hydroxylation sites is 1. The molecule has 2 aromatic carbocycles. The standard InChI is InChI=1S/C29H35N8O10P/c1-32-28(39)19-14-37(15-46-29(40)17-10-11-22(44-3)23(12-17)47-48(41,42)43)24(34-27(38)16-8-9-16)13-21(19)33-20-7-5-6-18(25(20)45-4)26(30)35-36(2)31/h5-7,10-14,16,33H,8-9,15,31H2,1-4H3,(H2,30,35)(H,32,39)(H2,41,42,43)/b34-24+. The number of hydrogen-bond donors (Lipinski definition) is 6. The summed E-state index contributed by atoms with van der Waals surface area (Å²) in [6, 6.07) is 10.1. The normalized spacial score (nSPS) is 13.4. The Balaban J connectivity index is 1.75. The van der Waals surface area contributed by atoms with Crippen molar-refractivity contribution in [1.82, 2.24) is 15.0 Å². The molecule has 0 atom stereocenters. The van der Waals surface area contributed by atoms with Gasteiger partial charge in [0.15, 0.2) is 29.8 Å². The van der Waals surface area contributed by atoms with Gasteiger partial charge in [0.1, 0.15) is 5.49 Å². The quantitative estimate of drug-likeness (QED) is 0.0369. The van der Waals surface area contributed by atoms with Crippen molar-refractivity contribution in [2.75, 3.05) is 33.6 Å². The fourth-order valence-corrected chi connectivity index (χ4v) is 4.77. The molecule has 0 bridgehead atoms. The van der Waals surface area contributed by atoms with Crippen molar-refractivity contribution in [3.8, 4) is 17.2 Å². The highest BCUT2D eigenvalue weighted by Gasteiger charge is 2.29. The number of nitrogens with two attached hydrogens (primary N) is 2. The van der Waals surface area contributed by atoms with Crippen LogP contribution in [0.2, 0.25) is 0 Å². The molecular formula is C29H35N8O10P. The maximum Gasteiger partial charge on any atom is 0.524 e. The van der Waals surface area contributed by atoms with Crippen LogP contribution in [0.25, 0.3) is 0 Å². The van der Waals surface area contributed by atoms with Gasteiger partial charge >= 0.3 is 13.8 Å². The number of methoxy groups -OCH3 is 2. The lowest BCUT2D eigenvalue weighted by atomic mass is 10.1. The van der Waals surface area contributed by atoms with Crippen LogP contribution in [0.15, 0.2) is 58.8 Å². The monoisotopic (exact) mass is 686 g/mol. The summed E-state index contributed by atoms with van der Waals surface area (Å²) >= 11 is 0. The minimum Gasteiger partial charge on any atom is -0.494 e. The second-order valence-corrected chi connectivity index (χ2v) is 11.5. The molecular weight excluding hydrogens is 651 g/mol. The molecule has 1 aliphatic rings. The van der Waals surface area contributed by atoms with E-state index in [2.05, 4.69) is 25.3 Å². The Morgan fingerprint density at radius 1 is 1.06 bits per heavy atom. The molecule has 1 aliphatic carbocycles. The van der Waals surface area contributed by atoms with E-state index in [1.807, 2.05) is 0 Å². The molecule has 1 aromatic heterocycles. The van der Waals surface area contributed by atoms with Gasteiger partial charge in [-0.2, -0.15) is 4.99 Å². The SMILES string of the molecule is CNC(=O)c1cn(COC(=O)c2ccc(OC)c(OP(=O)(O)O)c2)/c(=N/C(=O)C2CC2)cc1Nc1cccc(/C(N)=N/N(C)N)c1OC. The predicted molar refractivity (Wildman–Crippen MR) is 171 cm³/mol. The molecule has 2 amide bonds. The third-order valence-electron chi connectivity index (χ3n) is 6.75. The predicted octanol–water partition coefficient (Wildman–Crippen LogP) is 1.16. The van der Waals surface area contributed by atoms with Crippen LogP contribution in [-0.2, 0) is 20.8 Å². The van der Waals surface area contributed by atoms with Gasteiger partial charge in [-0.3, -0.25) is 23.9 Å². The first-order valence-electron chi connectivity index (χ1n) is 14.2. The van der Waals surface area contributed by atoms with Crippen molar-refractivity contribution >= 4 is 42.8 Å². The number of nitrogens with one attached hydrogen (secondary N) is 2. The number of amidine groups is 1. The molecule has 1 fully saturated rings. The van der Waals surface area contributed by atoms with E-state index in [0.29, 0.717) is 24.1 Å². The Kier molecular flexibility index (Phi) is 11.1. The largest absolute Gasteiger partial charge is 0.524 e. The fourth-order valence-electron chi connectivity index (χ4n) is 4.38. The zero-order valence-corrected chi connectivity index (χ0v) is 27.3. The van der Waals surface area contributed by atoms with Crippen LogP contribution < -0.4 is 41.7 Å². The van der Waals surface area contributed by atoms with Crippen molar-refractivity contribution in [3.05, 3.63) is 70.8 Å². The molecule has 48 heavy (non-hydrogen) atoms. The highest BCUT2D eigenvalue weighted by molar-refractivity contribution is 7.46. The van der Waals surface area contributed by atoms with Gasteiger partial charge in [-0.1, -0.05) is 6.07 Å². The van der Waals surface area contributed by atoms with E-state index in [9.17, 15) is 28.7 Å². The number of esters is 1. The number of hydrogen-bond acceptors (Lipinski definition) is 12. The number of amides is 2. The number of phosphoric ester groups is 1. The molecule has 1 heterocycles. The summed E-state index contributed by atoms with van der Waals surface area (Å²) in [7, 11) is 0.619. The lowest BCUT2D eigenvalue weighted by Crippen LogP contribution is -2.29. The molecule has 0 spiro atoms. The van der Waals surface area contributed by atoms with E-state index in [1.165, 1.54) is 57.3 Å². The molecule has 0 radical (unpaired) electrons. The Bertz CT molecular complexity index is 1870. The highest BCUT2D eigenvalue weighted by atomic mass is 31.2. The summed E-state index contributed by atoms with van der Waals surface area (Å²) in [5.41, 5.74) is 7.13. The first kappa shape index (κ1) is 35.4. The summed E-state index contributed by atoms with van der Waals surface area (Å²) in [4.78, 5) is 61.7. The van der Waals surface area contributed by atoms with Gasteiger partial charge in [0, 0.05) is 32.3 Å². The molecule has 1 saturated carbocycles. The number of rotatable bonds is 13. The highest BCUT2D eigenvalue weighted by Crippen LogP contribution is 2.42. The minimum atomic E-state index is -4.98. The zero-order chi connectivity index (χ0) is 35.2. The van der Waals surface area contributed by atoms with Crippen LogP contribution in [0.3, 0.4) is 0 Å². The number of nitrogens with zero attached hydrogens (tertiary/aromatic N) is 4. The van der Waals surface area contributed by atoms with E-state index >= 15 is 0 Å². The van der Waals surface area contributed by atoms with Crippen molar-refractivity contribution in [1.29, 1.82) is 0 Å². The molecule has 0 aliphatic heterocycles. The number of phosphoric acid groups is 1. The van der Waals surface area contributed by atoms with Crippen molar-refractivity contribution < 1.29 is 47.5 Å². The van der Waals surface area contributed by atoms with Crippen LogP contribution >= 0.6 is 7.82 Å². The lowest BCUT2D eigenvalue weighted by Gasteiger charge is -2.19. The molecule has 4 rings (SSSR count). The Labute approximate surface area is 274 Å². The molecule has 19 heteroatoms. The first-order valence-corrected chi connectivity index (χ1v) is 15.7. The van der Waals surface area contributed by atoms with Crippen LogP contribution in [0.5, 0.6) is 17.2 Å². The average molecular weight is 687 g/mol. The molecule has 18 nitrogen and oxygen atoms in total. The smallest absolute Gasteiger partial charge is 0.494 e. The van der Waals surface area contributed by atoms with Crippen molar-refractivity contribution in [3.63, 3.8) is 0 Å². The number of benzene rings is 2. The number of aromatic nitrogens is 1. The molecule has 8 N–H and O–H groups in total. The number of carbonyl (C=O) groups excluding carboxylic acids is 3. The van der Waals surface area contributed by atoms with E-state index in [1.54, 1.807) is 18.2 Å². The van der Waals surface area contributed by atoms with Gasteiger partial charge < -0.3 is 35.1 Å². The maximum atomic E-state index is 13.1. The molecule has 0 unspecified atom stereocenters. The average Bonchev–Trinajstić information content (AvgIpc) is 3.88. The van der Waals surface area contributed by atoms with Crippen LogP contribution in [-0.4, -0.2) is 71.4 Å². The van der Waals surface area contributed by atoms with Crippen molar-refractivity contribution in [2.24, 2.45) is 27.6 Å². The van der Waals surface area contributed by atoms with E-state index in [-0.39, 0.29) is 45.6 Å². The number of ether oxygens (including phenoxy) is 3. The minimum absolute atomic E-state index is 0.0360. The number of pyridine rings is 1. The number of carbonyl (C=O) groups is 3. The summed E-state index contributed by atoms with van der Waals surface area (Å²) in [6.45, 7) is -0.515. The number of hydrazone groups is 1. The second kappa shape index (κ2) is 15.0. The Hall–Kier alpha value is -5.42. The Morgan fingerprint density at radius 2 is 1.79 bits per heavy atom. The van der Waals surface area contributed by atoms with Crippen LogP contribution in [0.4, 0.5) is 11.4 Å². The van der Waals surface area contributed by atoms with Gasteiger partial charge in [0.2, 0.25) is 0 Å². The maximum absolute atomic E-state index is 13.1. The Morgan fingerprint density at radius 3 is 2.40 bits per heavy atom. The third-order valence-corrected chi connectivity index (χ3v) is 7.18. The number of hydrazine groups is 1. The summed E-state index contributed by atoms with van der Waals surface area (Å²) < 4.78 is 33.4. The van der Waals surface area contributed by atoms with Crippen LogP contribution in [0, 0.1) is 5.92 Å². The zero-order valence-electron chi connectivity index (χ0n) is 26.4. The molecule has 256 valence electrons. The van der Waals surface area contributed by atoms with E-state index < -0.39 is 38.1 Å². The van der Waals surface area contributed by atoms with Crippen molar-refractivity contribution in [2.45, 2.75) is 19.6 Å². The lowest BCUT2D eigenvalue weighted by molar-refractivity contribution is -0.119. The van der Waals surface area contributed by atoms with Gasteiger partial charge in [-0.25, -0.2) is 20.3 Å². The van der Waals surface area contributed by atoms with E-state index in [4.69, 9.17) is 25.8 Å². The van der Waals surface area contributed by atoms with Crippen LogP contribution in [0.1, 0.15) is 39.1 Å². The number of anilines is 2. The van der Waals surface area contributed by atoms with Gasteiger partial charge in [-0.15, -0.1) is 5.10 Å². The first-order chi connectivity index (χ1) is 22.7. The summed E-state index contributed by atoms with van der Waals surface area (Å²) in [5.74, 6) is 3.44. The fraction of sp³-hybridized carbons (Fsp3) is 0.276. The van der Waals surface area contributed by atoms with Gasteiger partial charge in [-0.05, 0) is 43.2 Å². The second-order valence-electron chi connectivity index (χ2n) is 10.3. The molecule has 0 saturated heterocycles. The third kappa shape index (κ3) is 8.89. The van der Waals surface area contributed by atoms with Gasteiger partial charge in [0.25, 0.3) is 11.8 Å². The van der Waals surface area contributed by atoms with Gasteiger partial charge in [0.05, 0.1) is 42.3 Å².